The van der Waals surface area contributed by atoms with Crippen molar-refractivity contribution in [3.63, 3.8) is 0 Å². The van der Waals surface area contributed by atoms with Gasteiger partial charge in [0.25, 0.3) is 0 Å². The summed E-state index contributed by atoms with van der Waals surface area (Å²) in [4.78, 5) is 11.2. The summed E-state index contributed by atoms with van der Waals surface area (Å²) in [6.45, 7) is 4.63. The summed E-state index contributed by atoms with van der Waals surface area (Å²) in [5.41, 5.74) is 7.79. The van der Waals surface area contributed by atoms with Gasteiger partial charge in [0.1, 0.15) is 0 Å². The first-order valence-electron chi connectivity index (χ1n) is 6.33. The van der Waals surface area contributed by atoms with E-state index in [2.05, 4.69) is 12.2 Å². The lowest BCUT2D eigenvalue weighted by Gasteiger charge is -2.16. The fourth-order valence-corrected chi connectivity index (χ4v) is 1.89. The van der Waals surface area contributed by atoms with E-state index in [1.54, 1.807) is 12.1 Å². The number of anilines is 2. The highest BCUT2D eigenvalue weighted by atomic mass is 16.3. The van der Waals surface area contributed by atoms with Gasteiger partial charge in [0, 0.05) is 30.1 Å². The van der Waals surface area contributed by atoms with Crippen molar-refractivity contribution in [3.8, 4) is 0 Å². The Labute approximate surface area is 108 Å². The minimum absolute atomic E-state index is 0.0224. The van der Waals surface area contributed by atoms with Crippen LogP contribution < -0.4 is 11.1 Å². The Morgan fingerprint density at radius 1 is 1.50 bits per heavy atom. The standard InChI is InChI=1S/C14H22N2O2/c1-3-11(6-7-17)9-16-12-4-5-13(10(2)18)14(15)8-12/h4-5,8,11,16-17H,3,6-7,9,15H2,1-2H3. The van der Waals surface area contributed by atoms with Gasteiger partial charge in [-0.1, -0.05) is 13.3 Å². The Morgan fingerprint density at radius 3 is 2.72 bits per heavy atom. The maximum atomic E-state index is 11.2. The molecular formula is C14H22N2O2. The minimum atomic E-state index is -0.0224. The number of hydrogen-bond donors (Lipinski definition) is 3. The van der Waals surface area contributed by atoms with Gasteiger partial charge in [-0.15, -0.1) is 0 Å². The van der Waals surface area contributed by atoms with Gasteiger partial charge in [0.15, 0.2) is 5.78 Å². The zero-order valence-corrected chi connectivity index (χ0v) is 11.1. The van der Waals surface area contributed by atoms with Crippen LogP contribution in [0.25, 0.3) is 0 Å². The molecule has 1 rings (SSSR count). The number of nitrogens with two attached hydrogens (primary N) is 1. The van der Waals surface area contributed by atoms with Gasteiger partial charge in [-0.05, 0) is 37.5 Å². The van der Waals surface area contributed by atoms with Crippen LogP contribution in [-0.2, 0) is 0 Å². The summed E-state index contributed by atoms with van der Waals surface area (Å²) in [7, 11) is 0. The normalized spacial score (nSPS) is 12.2. The second-order valence-corrected chi connectivity index (χ2v) is 4.53. The second-order valence-electron chi connectivity index (χ2n) is 4.53. The molecule has 1 unspecified atom stereocenters. The summed E-state index contributed by atoms with van der Waals surface area (Å²) in [6, 6.07) is 5.38. The number of Topliss-reactive ketones (excluding diaryl/α,β-unsaturated/α-hetero) is 1. The number of nitrogens with one attached hydrogen (secondary N) is 1. The monoisotopic (exact) mass is 250 g/mol. The lowest BCUT2D eigenvalue weighted by Crippen LogP contribution is -2.15. The molecule has 1 aromatic rings. The van der Waals surface area contributed by atoms with Crippen molar-refractivity contribution in [1.82, 2.24) is 0 Å². The van der Waals surface area contributed by atoms with Crippen molar-refractivity contribution in [2.24, 2.45) is 5.92 Å². The van der Waals surface area contributed by atoms with Gasteiger partial charge in [-0.3, -0.25) is 4.79 Å². The number of carbonyl (C=O) groups is 1. The lowest BCUT2D eigenvalue weighted by atomic mass is 10.0. The Hall–Kier alpha value is -1.55. The average molecular weight is 250 g/mol. The molecule has 0 radical (unpaired) electrons. The molecule has 0 aromatic heterocycles. The summed E-state index contributed by atoms with van der Waals surface area (Å²) in [5.74, 6) is 0.425. The number of rotatable bonds is 7. The summed E-state index contributed by atoms with van der Waals surface area (Å²) in [6.07, 6.45) is 1.82. The number of nitrogen functional groups attached to an aromatic ring is 1. The van der Waals surface area contributed by atoms with Crippen LogP contribution >= 0.6 is 0 Å². The minimum Gasteiger partial charge on any atom is -0.398 e. The Balaban J connectivity index is 2.63. The molecule has 4 N–H and O–H groups in total. The van der Waals surface area contributed by atoms with Gasteiger partial charge >= 0.3 is 0 Å². The molecule has 1 aromatic carbocycles. The van der Waals surface area contributed by atoms with E-state index in [1.807, 2.05) is 6.07 Å². The molecule has 0 fully saturated rings. The van der Waals surface area contributed by atoms with Crippen molar-refractivity contribution < 1.29 is 9.90 Å². The molecule has 0 spiro atoms. The molecular weight excluding hydrogens is 228 g/mol. The van der Waals surface area contributed by atoms with E-state index < -0.39 is 0 Å². The third-order valence-electron chi connectivity index (χ3n) is 3.14. The SMILES string of the molecule is CCC(CCO)CNc1ccc(C(C)=O)c(N)c1. The number of carbonyl (C=O) groups excluding carboxylic acids is 1. The van der Waals surface area contributed by atoms with Crippen LogP contribution in [-0.4, -0.2) is 24.0 Å². The van der Waals surface area contributed by atoms with Gasteiger partial charge in [0.05, 0.1) is 0 Å². The van der Waals surface area contributed by atoms with Gasteiger partial charge in [-0.2, -0.15) is 0 Å². The largest absolute Gasteiger partial charge is 0.398 e. The molecule has 0 aliphatic heterocycles. The Morgan fingerprint density at radius 2 is 2.22 bits per heavy atom. The number of hydrogen-bond acceptors (Lipinski definition) is 4. The predicted molar refractivity (Wildman–Crippen MR) is 74.8 cm³/mol. The van der Waals surface area contributed by atoms with Crippen molar-refractivity contribution >= 4 is 17.2 Å². The van der Waals surface area contributed by atoms with E-state index in [9.17, 15) is 4.79 Å². The third-order valence-corrected chi connectivity index (χ3v) is 3.14. The number of benzene rings is 1. The van der Waals surface area contributed by atoms with E-state index in [-0.39, 0.29) is 12.4 Å². The molecule has 0 amide bonds. The molecule has 100 valence electrons. The first kappa shape index (κ1) is 14.5. The smallest absolute Gasteiger partial charge is 0.161 e. The number of aliphatic hydroxyl groups excluding tert-OH is 1. The zero-order valence-electron chi connectivity index (χ0n) is 11.1. The molecule has 0 heterocycles. The van der Waals surface area contributed by atoms with Crippen molar-refractivity contribution in [2.75, 3.05) is 24.2 Å². The van der Waals surface area contributed by atoms with E-state index in [4.69, 9.17) is 10.8 Å². The quantitative estimate of drug-likeness (QED) is 0.512. The maximum absolute atomic E-state index is 11.2. The molecule has 0 bridgehead atoms. The van der Waals surface area contributed by atoms with Gasteiger partial charge in [0.2, 0.25) is 0 Å². The molecule has 0 saturated carbocycles. The Bertz CT molecular complexity index is 405. The molecule has 4 heteroatoms. The molecule has 0 saturated heterocycles. The second kappa shape index (κ2) is 7.01. The van der Waals surface area contributed by atoms with Crippen LogP contribution in [0.2, 0.25) is 0 Å². The summed E-state index contributed by atoms with van der Waals surface area (Å²) >= 11 is 0. The Kier molecular flexibility index (Phi) is 5.65. The van der Waals surface area contributed by atoms with Crippen LogP contribution in [0.1, 0.15) is 37.0 Å². The highest BCUT2D eigenvalue weighted by Gasteiger charge is 2.07. The first-order valence-corrected chi connectivity index (χ1v) is 6.33. The molecule has 4 nitrogen and oxygen atoms in total. The number of aliphatic hydroxyl groups is 1. The van der Waals surface area contributed by atoms with Crippen LogP contribution in [0.5, 0.6) is 0 Å². The van der Waals surface area contributed by atoms with Crippen molar-refractivity contribution in [2.45, 2.75) is 26.7 Å². The van der Waals surface area contributed by atoms with Crippen LogP contribution in [0.4, 0.5) is 11.4 Å². The lowest BCUT2D eigenvalue weighted by molar-refractivity contribution is 0.101. The van der Waals surface area contributed by atoms with E-state index in [0.29, 0.717) is 17.2 Å². The molecule has 1 atom stereocenters. The van der Waals surface area contributed by atoms with Gasteiger partial charge in [-0.25, -0.2) is 0 Å². The molecule has 0 aliphatic rings. The van der Waals surface area contributed by atoms with Crippen molar-refractivity contribution in [1.29, 1.82) is 0 Å². The average Bonchev–Trinajstić information content (AvgIpc) is 2.34. The summed E-state index contributed by atoms with van der Waals surface area (Å²) < 4.78 is 0. The van der Waals surface area contributed by atoms with Crippen LogP contribution in [0, 0.1) is 5.92 Å². The summed E-state index contributed by atoms with van der Waals surface area (Å²) in [5, 5.41) is 12.2. The van der Waals surface area contributed by atoms with Crippen LogP contribution in [0.15, 0.2) is 18.2 Å². The van der Waals surface area contributed by atoms with Crippen molar-refractivity contribution in [3.05, 3.63) is 23.8 Å². The highest BCUT2D eigenvalue weighted by Crippen LogP contribution is 2.19. The molecule has 0 aliphatic carbocycles. The zero-order chi connectivity index (χ0) is 13.5. The number of ketones is 1. The van der Waals surface area contributed by atoms with E-state index in [0.717, 1.165) is 25.1 Å². The van der Waals surface area contributed by atoms with Crippen LogP contribution in [0.3, 0.4) is 0 Å². The molecule has 18 heavy (non-hydrogen) atoms. The predicted octanol–water partition coefficient (Wildman–Crippen LogP) is 2.29. The fourth-order valence-electron chi connectivity index (χ4n) is 1.89. The van der Waals surface area contributed by atoms with Gasteiger partial charge < -0.3 is 16.2 Å². The third kappa shape index (κ3) is 4.04. The maximum Gasteiger partial charge on any atom is 0.161 e. The first-order chi connectivity index (χ1) is 8.58. The fraction of sp³-hybridized carbons (Fsp3) is 0.500. The highest BCUT2D eigenvalue weighted by molar-refractivity contribution is 5.99. The van der Waals surface area contributed by atoms with E-state index in [1.165, 1.54) is 6.92 Å². The topological polar surface area (TPSA) is 75.3 Å². The van der Waals surface area contributed by atoms with E-state index >= 15 is 0 Å².